The molecule has 0 N–H and O–H groups in total. The van der Waals surface area contributed by atoms with Gasteiger partial charge in [0, 0.05) is 11.6 Å². The third-order valence-corrected chi connectivity index (χ3v) is 1.73. The highest BCUT2D eigenvalue weighted by molar-refractivity contribution is 5.51. The fraction of sp³-hybridized carbons (Fsp3) is 0.111. The van der Waals surface area contributed by atoms with Crippen molar-refractivity contribution in [3.63, 3.8) is 0 Å². The first-order chi connectivity index (χ1) is 6.69. The van der Waals surface area contributed by atoms with E-state index in [9.17, 15) is 15.0 Å². The van der Waals surface area contributed by atoms with Crippen LogP contribution in [0.25, 0.3) is 0 Å². The molecule has 1 aromatic carbocycles. The summed E-state index contributed by atoms with van der Waals surface area (Å²) in [6, 6.07) is 3.99. The van der Waals surface area contributed by atoms with Crippen LogP contribution >= 0.6 is 0 Å². The molecule has 1 aromatic rings. The van der Waals surface area contributed by atoms with Gasteiger partial charge in [-0.3, -0.25) is 10.1 Å². The van der Waals surface area contributed by atoms with Crippen molar-refractivity contribution in [3.05, 3.63) is 51.4 Å². The maximum Gasteiger partial charge on any atom is 0.273 e. The molecule has 5 heteroatoms. The fourth-order valence-electron chi connectivity index (χ4n) is 1.13. The van der Waals surface area contributed by atoms with Crippen molar-refractivity contribution in [1.82, 2.24) is 0 Å². The number of benzene rings is 1. The Morgan fingerprint density at radius 1 is 1.57 bits per heavy atom. The second-order valence-corrected chi connectivity index (χ2v) is 2.65. The number of hydrogen-bond acceptors (Lipinski definition) is 4. The Balaban J connectivity index is 3.22. The SMILES string of the molecule is C=CCc1cc(N=O)ccc1[N+](=O)[O-]. The van der Waals surface area contributed by atoms with Gasteiger partial charge in [0.1, 0.15) is 5.69 Å². The zero-order valence-electron chi connectivity index (χ0n) is 7.34. The highest BCUT2D eigenvalue weighted by Crippen LogP contribution is 2.24. The Morgan fingerprint density at radius 3 is 2.79 bits per heavy atom. The molecule has 14 heavy (non-hydrogen) atoms. The molecule has 5 nitrogen and oxygen atoms in total. The largest absolute Gasteiger partial charge is 0.273 e. The molecule has 0 spiro atoms. The minimum absolute atomic E-state index is 0.0164. The van der Waals surface area contributed by atoms with Gasteiger partial charge in [-0.25, -0.2) is 0 Å². The van der Waals surface area contributed by atoms with Crippen molar-refractivity contribution in [2.24, 2.45) is 5.18 Å². The molecular weight excluding hydrogens is 184 g/mol. The lowest BCUT2D eigenvalue weighted by atomic mass is 10.1. The van der Waals surface area contributed by atoms with Gasteiger partial charge in [0.2, 0.25) is 0 Å². The average Bonchev–Trinajstić information content (AvgIpc) is 2.17. The molecular formula is C9H8N2O3. The third kappa shape index (κ3) is 2.01. The molecule has 0 unspecified atom stereocenters. The van der Waals surface area contributed by atoms with Crippen LogP contribution in [0.15, 0.2) is 36.0 Å². The summed E-state index contributed by atoms with van der Waals surface area (Å²) in [7, 11) is 0. The minimum Gasteiger partial charge on any atom is -0.258 e. The van der Waals surface area contributed by atoms with E-state index in [-0.39, 0.29) is 11.4 Å². The summed E-state index contributed by atoms with van der Waals surface area (Å²) in [6.45, 7) is 3.48. The zero-order valence-corrected chi connectivity index (χ0v) is 7.34. The Hall–Kier alpha value is -2.04. The summed E-state index contributed by atoms with van der Waals surface area (Å²) in [5.74, 6) is 0. The predicted molar refractivity (Wildman–Crippen MR) is 52.5 cm³/mol. The van der Waals surface area contributed by atoms with Crippen molar-refractivity contribution in [2.75, 3.05) is 0 Å². The van der Waals surface area contributed by atoms with Gasteiger partial charge in [0.05, 0.1) is 4.92 Å². The van der Waals surface area contributed by atoms with E-state index >= 15 is 0 Å². The summed E-state index contributed by atoms with van der Waals surface area (Å²) in [5, 5.41) is 13.3. The van der Waals surface area contributed by atoms with Crippen molar-refractivity contribution in [2.45, 2.75) is 6.42 Å². The predicted octanol–water partition coefficient (Wildman–Crippen LogP) is 2.72. The van der Waals surface area contributed by atoms with Crippen LogP contribution in [0.3, 0.4) is 0 Å². The van der Waals surface area contributed by atoms with Gasteiger partial charge in [-0.05, 0) is 23.7 Å². The third-order valence-electron chi connectivity index (χ3n) is 1.73. The van der Waals surface area contributed by atoms with Gasteiger partial charge in [-0.15, -0.1) is 11.5 Å². The first-order valence-electron chi connectivity index (χ1n) is 3.90. The minimum atomic E-state index is -0.493. The lowest BCUT2D eigenvalue weighted by molar-refractivity contribution is -0.385. The average molecular weight is 192 g/mol. The van der Waals surface area contributed by atoms with Crippen LogP contribution in [0.2, 0.25) is 0 Å². The van der Waals surface area contributed by atoms with E-state index < -0.39 is 4.92 Å². The Morgan fingerprint density at radius 2 is 2.29 bits per heavy atom. The molecule has 0 aliphatic heterocycles. The second-order valence-electron chi connectivity index (χ2n) is 2.65. The molecule has 0 radical (unpaired) electrons. The summed E-state index contributed by atoms with van der Waals surface area (Å²) in [5.41, 5.74) is 0.617. The quantitative estimate of drug-likeness (QED) is 0.318. The highest BCUT2D eigenvalue weighted by Gasteiger charge is 2.12. The molecule has 0 amide bonds. The second kappa shape index (κ2) is 4.27. The summed E-state index contributed by atoms with van der Waals surface area (Å²) in [4.78, 5) is 20.3. The lowest BCUT2D eigenvalue weighted by Crippen LogP contribution is -1.93. The van der Waals surface area contributed by atoms with Crippen molar-refractivity contribution < 1.29 is 4.92 Å². The number of nitroso groups, excluding NO2 is 1. The van der Waals surface area contributed by atoms with Gasteiger partial charge < -0.3 is 0 Å². The number of rotatable bonds is 4. The van der Waals surface area contributed by atoms with Crippen LogP contribution in [0.5, 0.6) is 0 Å². The van der Waals surface area contributed by atoms with Crippen LogP contribution in [-0.2, 0) is 6.42 Å². The van der Waals surface area contributed by atoms with Crippen LogP contribution in [0.1, 0.15) is 5.56 Å². The molecule has 0 aromatic heterocycles. The highest BCUT2D eigenvalue weighted by atomic mass is 16.6. The molecule has 0 saturated carbocycles. The van der Waals surface area contributed by atoms with Crippen molar-refractivity contribution in [3.8, 4) is 0 Å². The standard InChI is InChI=1S/C9H8N2O3/c1-2-3-7-6-8(10-12)4-5-9(7)11(13)14/h2,4-6H,1,3H2. The van der Waals surface area contributed by atoms with Gasteiger partial charge in [-0.1, -0.05) is 6.08 Å². The maximum absolute atomic E-state index is 10.6. The lowest BCUT2D eigenvalue weighted by Gasteiger charge is -1.99. The zero-order chi connectivity index (χ0) is 10.6. The molecule has 1 rings (SSSR count). The molecule has 0 saturated heterocycles. The smallest absolute Gasteiger partial charge is 0.258 e. The van der Waals surface area contributed by atoms with Gasteiger partial charge in [0.15, 0.2) is 0 Å². The number of nitrogens with zero attached hydrogens (tertiary/aromatic N) is 2. The summed E-state index contributed by atoms with van der Waals surface area (Å²) in [6.07, 6.45) is 1.89. The first kappa shape index (κ1) is 10.0. The van der Waals surface area contributed by atoms with E-state index in [1.54, 1.807) is 0 Å². The van der Waals surface area contributed by atoms with Gasteiger partial charge >= 0.3 is 0 Å². The Kier molecular flexibility index (Phi) is 3.06. The molecule has 0 aliphatic carbocycles. The first-order valence-corrected chi connectivity index (χ1v) is 3.90. The van der Waals surface area contributed by atoms with Crippen LogP contribution < -0.4 is 0 Å². The van der Waals surface area contributed by atoms with Gasteiger partial charge in [0.25, 0.3) is 5.69 Å². The monoisotopic (exact) mass is 192 g/mol. The van der Waals surface area contributed by atoms with Crippen LogP contribution in [0.4, 0.5) is 11.4 Å². The number of hydrogen-bond donors (Lipinski definition) is 0. The molecule has 0 atom stereocenters. The normalized spacial score (nSPS) is 9.43. The Labute approximate surface area is 80.2 Å². The molecule has 0 fully saturated rings. The topological polar surface area (TPSA) is 72.6 Å². The van der Waals surface area contributed by atoms with E-state index in [0.29, 0.717) is 12.0 Å². The van der Waals surface area contributed by atoms with Crippen molar-refractivity contribution >= 4 is 11.4 Å². The number of nitro benzene ring substituents is 1. The molecule has 0 bridgehead atoms. The van der Waals surface area contributed by atoms with Crippen LogP contribution in [-0.4, -0.2) is 4.92 Å². The molecule has 72 valence electrons. The fourth-order valence-corrected chi connectivity index (χ4v) is 1.13. The molecule has 0 heterocycles. The van der Waals surface area contributed by atoms with Crippen LogP contribution in [0, 0.1) is 15.0 Å². The van der Waals surface area contributed by atoms with E-state index in [2.05, 4.69) is 11.8 Å². The maximum atomic E-state index is 10.6. The van der Waals surface area contributed by atoms with Gasteiger partial charge in [-0.2, -0.15) is 0 Å². The molecule has 0 aliphatic rings. The van der Waals surface area contributed by atoms with E-state index in [1.165, 1.54) is 24.3 Å². The van der Waals surface area contributed by atoms with Crippen molar-refractivity contribution in [1.29, 1.82) is 0 Å². The summed E-state index contributed by atoms with van der Waals surface area (Å²) < 4.78 is 0. The number of nitro groups is 1. The number of allylic oxidation sites excluding steroid dienone is 1. The summed E-state index contributed by atoms with van der Waals surface area (Å²) >= 11 is 0. The van der Waals surface area contributed by atoms with E-state index in [4.69, 9.17) is 0 Å². The van der Waals surface area contributed by atoms with E-state index in [1.807, 2.05) is 0 Å². The van der Waals surface area contributed by atoms with E-state index in [0.717, 1.165) is 0 Å². The Bertz CT molecular complexity index is 388.